The van der Waals surface area contributed by atoms with Crippen LogP contribution in [0.25, 0.3) is 0 Å². The molecule has 2 rings (SSSR count). The molecule has 1 aromatic carbocycles. The van der Waals surface area contributed by atoms with Gasteiger partial charge in [0, 0.05) is 17.5 Å². The molecule has 3 nitrogen and oxygen atoms in total. The molecular weight excluding hydrogens is 282 g/mol. The normalized spacial score (nSPS) is 15.4. The van der Waals surface area contributed by atoms with E-state index < -0.39 is 0 Å². The Labute approximate surface area is 131 Å². The molecular formula is C17H25NO2S. The van der Waals surface area contributed by atoms with Crippen molar-refractivity contribution in [2.45, 2.75) is 50.9 Å². The van der Waals surface area contributed by atoms with Gasteiger partial charge in [-0.15, -0.1) is 0 Å². The predicted molar refractivity (Wildman–Crippen MR) is 89.3 cm³/mol. The van der Waals surface area contributed by atoms with Crippen LogP contribution >= 0.6 is 11.8 Å². The molecule has 0 unspecified atom stereocenters. The number of amides is 1. The monoisotopic (exact) mass is 307 g/mol. The first-order chi connectivity index (χ1) is 10.2. The zero-order chi connectivity index (χ0) is 15.1. The Morgan fingerprint density at radius 2 is 2.05 bits per heavy atom. The van der Waals surface area contributed by atoms with Crippen LogP contribution in [0.15, 0.2) is 24.3 Å². The highest BCUT2D eigenvalue weighted by molar-refractivity contribution is 7.99. The SMILES string of the molecule is CC(C)Oc1ccccc1C(=O)NCCSC1CCCC1. The second-order valence-electron chi connectivity index (χ2n) is 5.70. The maximum Gasteiger partial charge on any atom is 0.255 e. The Hall–Kier alpha value is -1.16. The van der Waals surface area contributed by atoms with Crippen LogP contribution in [0.2, 0.25) is 0 Å². The summed E-state index contributed by atoms with van der Waals surface area (Å²) < 4.78 is 5.69. The van der Waals surface area contributed by atoms with Gasteiger partial charge in [-0.2, -0.15) is 11.8 Å². The first-order valence-corrected chi connectivity index (χ1v) is 8.87. The third-order valence-electron chi connectivity index (χ3n) is 3.54. The summed E-state index contributed by atoms with van der Waals surface area (Å²) in [6, 6.07) is 7.43. The third kappa shape index (κ3) is 5.27. The molecule has 0 aliphatic heterocycles. The maximum atomic E-state index is 12.2. The van der Waals surface area contributed by atoms with E-state index in [0.717, 1.165) is 17.5 Å². The second kappa shape index (κ2) is 8.32. The summed E-state index contributed by atoms with van der Waals surface area (Å²) in [5.41, 5.74) is 0.622. The Morgan fingerprint density at radius 3 is 2.76 bits per heavy atom. The van der Waals surface area contributed by atoms with Crippen molar-refractivity contribution in [1.82, 2.24) is 5.32 Å². The summed E-state index contributed by atoms with van der Waals surface area (Å²) in [4.78, 5) is 12.2. The molecule has 0 radical (unpaired) electrons. The van der Waals surface area contributed by atoms with E-state index in [2.05, 4.69) is 5.32 Å². The number of ether oxygens (including phenoxy) is 1. The average Bonchev–Trinajstić information content (AvgIpc) is 2.96. The van der Waals surface area contributed by atoms with Crippen LogP contribution < -0.4 is 10.1 Å². The van der Waals surface area contributed by atoms with Gasteiger partial charge in [-0.1, -0.05) is 25.0 Å². The summed E-state index contributed by atoms with van der Waals surface area (Å²) >= 11 is 1.99. The van der Waals surface area contributed by atoms with Crippen LogP contribution in [0.1, 0.15) is 49.9 Å². The van der Waals surface area contributed by atoms with Crippen molar-refractivity contribution in [3.8, 4) is 5.75 Å². The largest absolute Gasteiger partial charge is 0.490 e. The van der Waals surface area contributed by atoms with E-state index in [0.29, 0.717) is 11.3 Å². The molecule has 1 saturated carbocycles. The van der Waals surface area contributed by atoms with Gasteiger partial charge in [-0.3, -0.25) is 4.79 Å². The molecule has 0 spiro atoms. The van der Waals surface area contributed by atoms with Gasteiger partial charge in [0.05, 0.1) is 11.7 Å². The number of carbonyl (C=O) groups is 1. The number of carbonyl (C=O) groups excluding carboxylic acids is 1. The van der Waals surface area contributed by atoms with Crippen LogP contribution in [0, 0.1) is 0 Å². The molecule has 1 fully saturated rings. The topological polar surface area (TPSA) is 38.3 Å². The lowest BCUT2D eigenvalue weighted by molar-refractivity contribution is 0.0950. The van der Waals surface area contributed by atoms with E-state index >= 15 is 0 Å². The minimum Gasteiger partial charge on any atom is -0.490 e. The minimum absolute atomic E-state index is 0.0433. The quantitative estimate of drug-likeness (QED) is 0.777. The zero-order valence-corrected chi connectivity index (χ0v) is 13.7. The number of thioether (sulfide) groups is 1. The van der Waals surface area contributed by atoms with Crippen LogP contribution in [0.5, 0.6) is 5.75 Å². The van der Waals surface area contributed by atoms with Crippen LogP contribution in [-0.2, 0) is 0 Å². The Kier molecular flexibility index (Phi) is 6.43. The number of hydrogen-bond donors (Lipinski definition) is 1. The van der Waals surface area contributed by atoms with Gasteiger partial charge < -0.3 is 10.1 Å². The van der Waals surface area contributed by atoms with Gasteiger partial charge >= 0.3 is 0 Å². The smallest absolute Gasteiger partial charge is 0.255 e. The summed E-state index contributed by atoms with van der Waals surface area (Å²) in [7, 11) is 0. The van der Waals surface area contributed by atoms with E-state index in [1.54, 1.807) is 0 Å². The molecule has 4 heteroatoms. The number of benzene rings is 1. The van der Waals surface area contributed by atoms with Crippen LogP contribution in [0.4, 0.5) is 0 Å². The van der Waals surface area contributed by atoms with Crippen molar-refractivity contribution in [3.05, 3.63) is 29.8 Å². The Bertz CT molecular complexity index is 456. The van der Waals surface area contributed by atoms with Crippen LogP contribution in [0.3, 0.4) is 0 Å². The number of rotatable bonds is 7. The molecule has 0 heterocycles. The van der Waals surface area contributed by atoms with Gasteiger partial charge in [-0.25, -0.2) is 0 Å². The molecule has 21 heavy (non-hydrogen) atoms. The van der Waals surface area contributed by atoms with Gasteiger partial charge in [0.1, 0.15) is 5.75 Å². The molecule has 0 aromatic heterocycles. The summed E-state index contributed by atoms with van der Waals surface area (Å²) in [5.74, 6) is 1.61. The van der Waals surface area contributed by atoms with Crippen molar-refractivity contribution < 1.29 is 9.53 Å². The fraction of sp³-hybridized carbons (Fsp3) is 0.588. The van der Waals surface area contributed by atoms with E-state index in [9.17, 15) is 4.79 Å². The highest BCUT2D eigenvalue weighted by Gasteiger charge is 2.16. The van der Waals surface area contributed by atoms with Gasteiger partial charge in [0.15, 0.2) is 0 Å². The van der Waals surface area contributed by atoms with E-state index in [-0.39, 0.29) is 12.0 Å². The van der Waals surface area contributed by atoms with E-state index in [1.165, 1.54) is 25.7 Å². The second-order valence-corrected chi connectivity index (χ2v) is 7.10. The Balaban J connectivity index is 1.79. The average molecular weight is 307 g/mol. The number of hydrogen-bond acceptors (Lipinski definition) is 3. The molecule has 1 amide bonds. The van der Waals surface area contributed by atoms with Crippen molar-refractivity contribution >= 4 is 17.7 Å². The van der Waals surface area contributed by atoms with Gasteiger partial charge in [0.25, 0.3) is 5.91 Å². The van der Waals surface area contributed by atoms with Gasteiger partial charge in [-0.05, 0) is 38.8 Å². The van der Waals surface area contributed by atoms with Crippen molar-refractivity contribution in [1.29, 1.82) is 0 Å². The lowest BCUT2D eigenvalue weighted by Gasteiger charge is -2.14. The highest BCUT2D eigenvalue weighted by Crippen LogP contribution is 2.28. The third-order valence-corrected chi connectivity index (χ3v) is 4.92. The fourth-order valence-corrected chi connectivity index (χ4v) is 3.77. The molecule has 1 aliphatic carbocycles. The summed E-state index contributed by atoms with van der Waals surface area (Å²) in [6.45, 7) is 4.65. The fourth-order valence-electron chi connectivity index (χ4n) is 2.55. The maximum absolute atomic E-state index is 12.2. The van der Waals surface area contributed by atoms with Gasteiger partial charge in [0.2, 0.25) is 0 Å². The lowest BCUT2D eigenvalue weighted by Crippen LogP contribution is -2.27. The molecule has 1 N–H and O–H groups in total. The first-order valence-electron chi connectivity index (χ1n) is 7.82. The first kappa shape index (κ1) is 16.2. The lowest BCUT2D eigenvalue weighted by atomic mass is 10.2. The standard InChI is InChI=1S/C17H25NO2S/c1-13(2)20-16-10-6-5-9-15(16)17(19)18-11-12-21-14-7-3-4-8-14/h5-6,9-10,13-14H,3-4,7-8,11-12H2,1-2H3,(H,18,19). The van der Waals surface area contributed by atoms with Crippen molar-refractivity contribution in [2.75, 3.05) is 12.3 Å². The predicted octanol–water partition coefficient (Wildman–Crippen LogP) is 3.88. The molecule has 116 valence electrons. The molecule has 1 aromatic rings. The highest BCUT2D eigenvalue weighted by atomic mass is 32.2. The summed E-state index contributed by atoms with van der Waals surface area (Å²) in [5, 5.41) is 3.80. The molecule has 0 saturated heterocycles. The van der Waals surface area contributed by atoms with Crippen LogP contribution in [-0.4, -0.2) is 29.6 Å². The summed E-state index contributed by atoms with van der Waals surface area (Å²) in [6.07, 6.45) is 5.47. The van der Waals surface area contributed by atoms with Crippen molar-refractivity contribution in [2.24, 2.45) is 0 Å². The Morgan fingerprint density at radius 1 is 1.33 bits per heavy atom. The zero-order valence-electron chi connectivity index (χ0n) is 12.9. The molecule has 1 aliphatic rings. The number of nitrogens with one attached hydrogen (secondary N) is 1. The van der Waals surface area contributed by atoms with Crippen molar-refractivity contribution in [3.63, 3.8) is 0 Å². The van der Waals surface area contributed by atoms with E-state index in [1.807, 2.05) is 49.9 Å². The molecule has 0 bridgehead atoms. The minimum atomic E-state index is -0.0433. The van der Waals surface area contributed by atoms with E-state index in [4.69, 9.17) is 4.74 Å². The molecule has 0 atom stereocenters. The number of para-hydroxylation sites is 1.